The fourth-order valence-corrected chi connectivity index (χ4v) is 2.16. The van der Waals surface area contributed by atoms with Gasteiger partial charge >= 0.3 is 0 Å². The van der Waals surface area contributed by atoms with E-state index in [9.17, 15) is 4.79 Å². The third-order valence-corrected chi connectivity index (χ3v) is 3.36. The van der Waals surface area contributed by atoms with Gasteiger partial charge < -0.3 is 10.6 Å². The summed E-state index contributed by atoms with van der Waals surface area (Å²) in [7, 11) is 0. The van der Waals surface area contributed by atoms with Gasteiger partial charge in [-0.2, -0.15) is 0 Å². The van der Waals surface area contributed by atoms with Crippen LogP contribution in [-0.4, -0.2) is 29.9 Å². The van der Waals surface area contributed by atoms with Crippen molar-refractivity contribution in [3.05, 3.63) is 47.5 Å². The van der Waals surface area contributed by atoms with Crippen LogP contribution in [0.3, 0.4) is 0 Å². The molecule has 0 aliphatic carbocycles. The lowest BCUT2D eigenvalue weighted by atomic mass is 10.0. The van der Waals surface area contributed by atoms with Crippen LogP contribution in [0, 0.1) is 0 Å². The van der Waals surface area contributed by atoms with Gasteiger partial charge in [0.2, 0.25) is 5.91 Å². The van der Waals surface area contributed by atoms with Crippen LogP contribution in [0.25, 0.3) is 0 Å². The molecule has 18 heavy (non-hydrogen) atoms. The molecule has 0 aromatic heterocycles. The SMILES string of the molecule is CC1=CCN(C(=O)[C@H](N)Cc2ccccc2)CC1. The van der Waals surface area contributed by atoms with Crippen LogP contribution >= 0.6 is 0 Å². The van der Waals surface area contributed by atoms with Crippen LogP contribution in [0.15, 0.2) is 42.0 Å². The Morgan fingerprint density at radius 2 is 2.11 bits per heavy atom. The molecule has 1 aromatic carbocycles. The monoisotopic (exact) mass is 244 g/mol. The molecule has 0 saturated carbocycles. The quantitative estimate of drug-likeness (QED) is 0.823. The van der Waals surface area contributed by atoms with E-state index < -0.39 is 6.04 Å². The highest BCUT2D eigenvalue weighted by Crippen LogP contribution is 2.11. The Kier molecular flexibility index (Phi) is 4.15. The lowest BCUT2D eigenvalue weighted by Crippen LogP contribution is -2.46. The van der Waals surface area contributed by atoms with E-state index >= 15 is 0 Å². The van der Waals surface area contributed by atoms with E-state index in [1.807, 2.05) is 35.2 Å². The Morgan fingerprint density at radius 1 is 1.39 bits per heavy atom. The molecule has 0 bridgehead atoms. The highest BCUT2D eigenvalue weighted by atomic mass is 16.2. The second kappa shape index (κ2) is 5.83. The maximum absolute atomic E-state index is 12.2. The maximum Gasteiger partial charge on any atom is 0.240 e. The molecule has 1 heterocycles. The van der Waals surface area contributed by atoms with E-state index in [4.69, 9.17) is 5.73 Å². The highest BCUT2D eigenvalue weighted by Gasteiger charge is 2.22. The van der Waals surface area contributed by atoms with Crippen molar-refractivity contribution in [1.82, 2.24) is 4.90 Å². The van der Waals surface area contributed by atoms with Crippen molar-refractivity contribution in [2.45, 2.75) is 25.8 Å². The van der Waals surface area contributed by atoms with E-state index in [0.717, 1.165) is 18.5 Å². The van der Waals surface area contributed by atoms with Gasteiger partial charge in [0, 0.05) is 13.1 Å². The summed E-state index contributed by atoms with van der Waals surface area (Å²) in [6, 6.07) is 9.49. The minimum Gasteiger partial charge on any atom is -0.337 e. The fraction of sp³-hybridized carbons (Fsp3) is 0.400. The number of carbonyl (C=O) groups is 1. The molecule has 3 heteroatoms. The first kappa shape index (κ1) is 12.8. The largest absolute Gasteiger partial charge is 0.337 e. The summed E-state index contributed by atoms with van der Waals surface area (Å²) in [5, 5.41) is 0. The fourth-order valence-electron chi connectivity index (χ4n) is 2.16. The zero-order valence-corrected chi connectivity index (χ0v) is 10.8. The van der Waals surface area contributed by atoms with Gasteiger partial charge in [0.05, 0.1) is 6.04 Å². The molecule has 0 radical (unpaired) electrons. The Labute approximate surface area is 108 Å². The summed E-state index contributed by atoms with van der Waals surface area (Å²) in [5.74, 6) is 0.0580. The van der Waals surface area contributed by atoms with Gasteiger partial charge in [-0.15, -0.1) is 0 Å². The topological polar surface area (TPSA) is 46.3 Å². The Morgan fingerprint density at radius 3 is 2.72 bits per heavy atom. The predicted molar refractivity (Wildman–Crippen MR) is 73.1 cm³/mol. The molecule has 0 unspecified atom stereocenters. The molecule has 1 aromatic rings. The van der Waals surface area contributed by atoms with E-state index in [1.165, 1.54) is 5.57 Å². The molecule has 96 valence electrons. The van der Waals surface area contributed by atoms with Crippen molar-refractivity contribution in [2.75, 3.05) is 13.1 Å². The summed E-state index contributed by atoms with van der Waals surface area (Å²) in [5.41, 5.74) is 8.47. The van der Waals surface area contributed by atoms with Crippen LogP contribution in [0.5, 0.6) is 0 Å². The van der Waals surface area contributed by atoms with Crippen molar-refractivity contribution < 1.29 is 4.79 Å². The average Bonchev–Trinajstić information content (AvgIpc) is 2.40. The molecule has 1 aliphatic heterocycles. The van der Waals surface area contributed by atoms with Crippen LogP contribution < -0.4 is 5.73 Å². The first-order valence-electron chi connectivity index (χ1n) is 6.41. The number of rotatable bonds is 3. The Balaban J connectivity index is 1.93. The average molecular weight is 244 g/mol. The van der Waals surface area contributed by atoms with Crippen molar-refractivity contribution in [3.8, 4) is 0 Å². The minimum atomic E-state index is -0.431. The van der Waals surface area contributed by atoms with Crippen LogP contribution in [0.2, 0.25) is 0 Å². The normalized spacial score (nSPS) is 17.2. The van der Waals surface area contributed by atoms with Gasteiger partial charge in [0.1, 0.15) is 0 Å². The van der Waals surface area contributed by atoms with Crippen molar-refractivity contribution in [1.29, 1.82) is 0 Å². The molecule has 2 N–H and O–H groups in total. The number of amides is 1. The second-order valence-corrected chi connectivity index (χ2v) is 4.88. The van der Waals surface area contributed by atoms with Gasteiger partial charge in [-0.3, -0.25) is 4.79 Å². The van der Waals surface area contributed by atoms with Gasteiger partial charge in [-0.25, -0.2) is 0 Å². The number of benzene rings is 1. The smallest absolute Gasteiger partial charge is 0.240 e. The molecule has 1 atom stereocenters. The highest BCUT2D eigenvalue weighted by molar-refractivity contribution is 5.82. The lowest BCUT2D eigenvalue weighted by Gasteiger charge is -2.28. The summed E-state index contributed by atoms with van der Waals surface area (Å²) in [6.07, 6.45) is 3.68. The third kappa shape index (κ3) is 3.20. The molecule has 0 fully saturated rings. The molecular weight excluding hydrogens is 224 g/mol. The minimum absolute atomic E-state index is 0.0580. The number of hydrogen-bond donors (Lipinski definition) is 1. The summed E-state index contributed by atoms with van der Waals surface area (Å²) >= 11 is 0. The van der Waals surface area contributed by atoms with Crippen LogP contribution in [-0.2, 0) is 11.2 Å². The lowest BCUT2D eigenvalue weighted by molar-refractivity contribution is -0.132. The molecule has 0 saturated heterocycles. The molecule has 1 amide bonds. The van der Waals surface area contributed by atoms with E-state index in [0.29, 0.717) is 13.0 Å². The van der Waals surface area contributed by atoms with Gasteiger partial charge in [0.15, 0.2) is 0 Å². The van der Waals surface area contributed by atoms with E-state index in [2.05, 4.69) is 13.0 Å². The second-order valence-electron chi connectivity index (χ2n) is 4.88. The Hall–Kier alpha value is -1.61. The molecule has 3 nitrogen and oxygen atoms in total. The van der Waals surface area contributed by atoms with Gasteiger partial charge in [-0.1, -0.05) is 42.0 Å². The summed E-state index contributed by atoms with van der Waals surface area (Å²) < 4.78 is 0. The van der Waals surface area contributed by atoms with E-state index in [-0.39, 0.29) is 5.91 Å². The summed E-state index contributed by atoms with van der Waals surface area (Å²) in [6.45, 7) is 3.60. The standard InChI is InChI=1S/C15H20N2O/c1-12-7-9-17(10-8-12)15(18)14(16)11-13-5-3-2-4-6-13/h2-7,14H,8-11,16H2,1H3/t14-/m1/s1. The van der Waals surface area contributed by atoms with Crippen LogP contribution in [0.4, 0.5) is 0 Å². The molecule has 2 rings (SSSR count). The predicted octanol–water partition coefficient (Wildman–Crippen LogP) is 1.73. The maximum atomic E-state index is 12.2. The molecular formula is C15H20N2O. The number of nitrogens with zero attached hydrogens (tertiary/aromatic N) is 1. The van der Waals surface area contributed by atoms with Gasteiger partial charge in [-0.05, 0) is 25.3 Å². The zero-order chi connectivity index (χ0) is 13.0. The molecule has 0 spiro atoms. The zero-order valence-electron chi connectivity index (χ0n) is 10.8. The van der Waals surface area contributed by atoms with Crippen molar-refractivity contribution >= 4 is 5.91 Å². The first-order chi connectivity index (χ1) is 8.66. The van der Waals surface area contributed by atoms with Crippen molar-refractivity contribution in [3.63, 3.8) is 0 Å². The number of hydrogen-bond acceptors (Lipinski definition) is 2. The van der Waals surface area contributed by atoms with Crippen LogP contribution in [0.1, 0.15) is 18.9 Å². The number of carbonyl (C=O) groups excluding carboxylic acids is 1. The third-order valence-electron chi connectivity index (χ3n) is 3.36. The van der Waals surface area contributed by atoms with Gasteiger partial charge in [0.25, 0.3) is 0 Å². The summed E-state index contributed by atoms with van der Waals surface area (Å²) in [4.78, 5) is 14.0. The Bertz CT molecular complexity index is 439. The van der Waals surface area contributed by atoms with Crippen molar-refractivity contribution in [2.24, 2.45) is 5.73 Å². The number of nitrogens with two attached hydrogens (primary N) is 1. The molecule has 1 aliphatic rings. The van der Waals surface area contributed by atoms with E-state index in [1.54, 1.807) is 0 Å². The first-order valence-corrected chi connectivity index (χ1v) is 6.41.